The molecule has 0 radical (unpaired) electrons. The lowest BCUT2D eigenvalue weighted by atomic mass is 9.96. The molecule has 4 aromatic heterocycles. The Hall–Kier alpha value is -4.05. The third kappa shape index (κ3) is 4.28. The summed E-state index contributed by atoms with van der Waals surface area (Å²) < 4.78 is 44.3. The number of aromatic nitrogens is 5. The Morgan fingerprint density at radius 1 is 1.06 bits per heavy atom. The molecule has 0 saturated heterocycles. The number of pyridine rings is 3. The first-order chi connectivity index (χ1) is 16.7. The Bertz CT molecular complexity index is 1570. The van der Waals surface area contributed by atoms with Crippen LogP contribution in [-0.4, -0.2) is 26.1 Å². The number of anilines is 1. The number of fused-ring (bicyclic) bond motifs is 2. The molecule has 176 valence electrons. The molecule has 7 nitrogen and oxygen atoms in total. The minimum absolute atomic E-state index is 0.0190. The van der Waals surface area contributed by atoms with Crippen LogP contribution in [0.3, 0.4) is 0 Å². The molecule has 4 heterocycles. The van der Waals surface area contributed by atoms with E-state index in [1.807, 2.05) is 0 Å². The van der Waals surface area contributed by atoms with Crippen LogP contribution in [0.1, 0.15) is 17.2 Å². The summed E-state index contributed by atoms with van der Waals surface area (Å²) in [6.45, 7) is 1.69. The van der Waals surface area contributed by atoms with E-state index >= 15 is 0 Å². The topological polar surface area (TPSA) is 90.5 Å². The molecule has 1 aromatic carbocycles. The molecular weight excluding hydrogens is 481 g/mol. The van der Waals surface area contributed by atoms with Gasteiger partial charge in [-0.15, -0.1) is 0 Å². The predicted molar refractivity (Wildman–Crippen MR) is 126 cm³/mol. The van der Waals surface area contributed by atoms with Crippen LogP contribution in [0.15, 0.2) is 67.4 Å². The van der Waals surface area contributed by atoms with Crippen molar-refractivity contribution in [2.75, 3.05) is 5.32 Å². The van der Waals surface area contributed by atoms with Crippen molar-refractivity contribution in [2.24, 2.45) is 0 Å². The van der Waals surface area contributed by atoms with Crippen LogP contribution in [0.5, 0.6) is 0 Å². The first kappa shape index (κ1) is 22.7. The number of halogens is 4. The third-order valence-electron chi connectivity index (χ3n) is 5.55. The van der Waals surface area contributed by atoms with Gasteiger partial charge in [0.1, 0.15) is 11.8 Å². The molecule has 11 heteroatoms. The number of benzene rings is 1. The first-order valence-corrected chi connectivity index (χ1v) is 10.8. The summed E-state index contributed by atoms with van der Waals surface area (Å²) >= 11 is 6.31. The van der Waals surface area contributed by atoms with Gasteiger partial charge in [-0.2, -0.15) is 17.9 Å². The molecule has 0 unspecified atom stereocenters. The molecular formula is C24H16ClF3N6O. The van der Waals surface area contributed by atoms with Gasteiger partial charge in [-0.3, -0.25) is 4.98 Å². The van der Waals surface area contributed by atoms with Crippen molar-refractivity contribution in [2.45, 2.75) is 19.1 Å². The predicted octanol–water partition coefficient (Wildman–Crippen LogP) is 5.55. The lowest BCUT2D eigenvalue weighted by molar-refractivity contribution is -0.604. The van der Waals surface area contributed by atoms with E-state index in [1.54, 1.807) is 37.3 Å². The number of hydrogen-bond donors (Lipinski definition) is 1. The summed E-state index contributed by atoms with van der Waals surface area (Å²) in [6.07, 6.45) is 0.320. The van der Waals surface area contributed by atoms with Crippen molar-refractivity contribution in [3.8, 4) is 11.3 Å². The SMILES string of the molecule is Cc1cc[n+]([O-])cc1-c1nc2c(Cl)cccc2cc1[C@@H](Nc1ncnc2cccnc12)C(F)(F)F. The number of nitrogens with zero attached hydrogens (tertiary/aromatic N) is 5. The Balaban J connectivity index is 1.78. The number of para-hydroxylation sites is 1. The molecule has 0 amide bonds. The van der Waals surface area contributed by atoms with Gasteiger partial charge in [0.2, 0.25) is 0 Å². The molecule has 1 N–H and O–H groups in total. The van der Waals surface area contributed by atoms with Crippen molar-refractivity contribution < 1.29 is 17.9 Å². The van der Waals surface area contributed by atoms with Crippen LogP contribution >= 0.6 is 11.6 Å². The summed E-state index contributed by atoms with van der Waals surface area (Å²) in [5.41, 5.74) is 1.52. The fourth-order valence-electron chi connectivity index (χ4n) is 3.88. The number of nitrogens with one attached hydrogen (secondary N) is 1. The Morgan fingerprint density at radius 3 is 2.69 bits per heavy atom. The van der Waals surface area contributed by atoms with E-state index < -0.39 is 12.2 Å². The molecule has 0 aliphatic rings. The van der Waals surface area contributed by atoms with E-state index in [2.05, 4.69) is 25.3 Å². The van der Waals surface area contributed by atoms with Gasteiger partial charge in [0.15, 0.2) is 24.3 Å². The summed E-state index contributed by atoms with van der Waals surface area (Å²) in [5, 5.41) is 15.3. The number of hydrogen-bond acceptors (Lipinski definition) is 6. The lowest BCUT2D eigenvalue weighted by Gasteiger charge is -2.25. The number of rotatable bonds is 4. The first-order valence-electron chi connectivity index (χ1n) is 10.4. The fourth-order valence-corrected chi connectivity index (χ4v) is 4.11. The molecule has 0 spiro atoms. The molecule has 0 aliphatic carbocycles. The summed E-state index contributed by atoms with van der Waals surface area (Å²) in [6, 6.07) is 8.79. The van der Waals surface area contributed by atoms with E-state index in [0.29, 0.717) is 26.7 Å². The molecule has 0 aliphatic heterocycles. The summed E-state index contributed by atoms with van der Waals surface area (Å²) in [4.78, 5) is 16.7. The van der Waals surface area contributed by atoms with Gasteiger partial charge in [-0.1, -0.05) is 23.7 Å². The molecule has 0 fully saturated rings. The highest BCUT2D eigenvalue weighted by Crippen LogP contribution is 2.42. The monoisotopic (exact) mass is 496 g/mol. The molecule has 1 atom stereocenters. The maximum absolute atomic E-state index is 14.6. The summed E-state index contributed by atoms with van der Waals surface area (Å²) in [7, 11) is 0. The molecule has 35 heavy (non-hydrogen) atoms. The van der Waals surface area contributed by atoms with Crippen molar-refractivity contribution in [3.63, 3.8) is 0 Å². The van der Waals surface area contributed by atoms with E-state index in [0.717, 1.165) is 0 Å². The Morgan fingerprint density at radius 2 is 1.89 bits per heavy atom. The van der Waals surface area contributed by atoms with Gasteiger partial charge in [0.05, 0.1) is 27.3 Å². The van der Waals surface area contributed by atoms with Crippen LogP contribution in [0, 0.1) is 12.1 Å². The number of aryl methyl sites for hydroxylation is 1. The smallest absolute Gasteiger partial charge is 0.412 e. The minimum Gasteiger partial charge on any atom is -0.619 e. The van der Waals surface area contributed by atoms with Gasteiger partial charge in [0, 0.05) is 23.2 Å². The maximum Gasteiger partial charge on any atom is 0.412 e. The van der Waals surface area contributed by atoms with E-state index in [4.69, 9.17) is 11.6 Å². The molecule has 5 rings (SSSR count). The van der Waals surface area contributed by atoms with E-state index in [1.165, 1.54) is 37.1 Å². The molecule has 0 saturated carbocycles. The van der Waals surface area contributed by atoms with E-state index in [9.17, 15) is 18.4 Å². The number of alkyl halides is 3. The minimum atomic E-state index is -4.76. The van der Waals surface area contributed by atoms with Gasteiger partial charge < -0.3 is 10.5 Å². The average molecular weight is 497 g/mol. The summed E-state index contributed by atoms with van der Waals surface area (Å²) in [5.74, 6) is -0.0845. The van der Waals surface area contributed by atoms with Gasteiger partial charge in [-0.25, -0.2) is 15.0 Å². The van der Waals surface area contributed by atoms with Gasteiger partial charge >= 0.3 is 6.18 Å². The second kappa shape index (κ2) is 8.62. The second-order valence-corrected chi connectivity index (χ2v) is 8.26. The standard InChI is InChI=1S/C24H16ClF3N6O/c1-13-7-9-34(35)11-16(13)20-15(10-14-4-2-5-17(25)19(14)32-20)22(24(26,27)28)33-23-21-18(30-12-31-23)6-3-8-29-21/h2-12,22H,1H3,(H,30,31,33)/t22-/m1/s1. The molecule has 0 bridgehead atoms. The van der Waals surface area contributed by atoms with E-state index in [-0.39, 0.29) is 33.2 Å². The fraction of sp³-hybridized carbons (Fsp3) is 0.125. The average Bonchev–Trinajstić information content (AvgIpc) is 2.83. The van der Waals surface area contributed by atoms with Crippen LogP contribution in [0.25, 0.3) is 33.2 Å². The van der Waals surface area contributed by atoms with Crippen molar-refractivity contribution >= 4 is 39.4 Å². The third-order valence-corrected chi connectivity index (χ3v) is 5.85. The van der Waals surface area contributed by atoms with Crippen LogP contribution in [0.4, 0.5) is 19.0 Å². The van der Waals surface area contributed by atoms with Gasteiger partial charge in [0.25, 0.3) is 0 Å². The largest absolute Gasteiger partial charge is 0.619 e. The van der Waals surface area contributed by atoms with Crippen LogP contribution in [-0.2, 0) is 0 Å². The Kier molecular flexibility index (Phi) is 5.60. The van der Waals surface area contributed by atoms with Crippen molar-refractivity contribution in [1.82, 2.24) is 19.9 Å². The highest BCUT2D eigenvalue weighted by Gasteiger charge is 2.43. The normalized spacial score (nSPS) is 12.7. The Labute approximate surface area is 201 Å². The highest BCUT2D eigenvalue weighted by molar-refractivity contribution is 6.35. The van der Waals surface area contributed by atoms with Gasteiger partial charge in [-0.05, 0) is 36.8 Å². The zero-order valence-corrected chi connectivity index (χ0v) is 18.8. The maximum atomic E-state index is 14.6. The van der Waals surface area contributed by atoms with Crippen molar-refractivity contribution in [3.05, 3.63) is 88.7 Å². The second-order valence-electron chi connectivity index (χ2n) is 7.85. The van der Waals surface area contributed by atoms with Crippen LogP contribution in [0.2, 0.25) is 5.02 Å². The molecule has 5 aromatic rings. The quantitative estimate of drug-likeness (QED) is 0.259. The zero-order chi connectivity index (χ0) is 24.7. The zero-order valence-electron chi connectivity index (χ0n) is 18.1. The lowest BCUT2D eigenvalue weighted by Crippen LogP contribution is -2.30. The van der Waals surface area contributed by atoms with Crippen molar-refractivity contribution in [1.29, 1.82) is 0 Å². The van der Waals surface area contributed by atoms with Crippen LogP contribution < -0.4 is 10.0 Å². The highest BCUT2D eigenvalue weighted by atomic mass is 35.5.